The Kier molecular flexibility index (Phi) is 6.69. The number of esters is 1. The van der Waals surface area contributed by atoms with Crippen LogP contribution >= 0.6 is 35.3 Å². The minimum absolute atomic E-state index is 0. The highest BCUT2D eigenvalue weighted by atomic mass is 35.5. The van der Waals surface area contributed by atoms with E-state index in [1.165, 1.54) is 18.4 Å². The topological polar surface area (TPSA) is 63.9 Å². The van der Waals surface area contributed by atoms with E-state index in [0.717, 1.165) is 10.8 Å². The number of aliphatic imine (C=N–C) groups is 1. The molecule has 6 nitrogen and oxygen atoms in total. The molecule has 0 aliphatic carbocycles. The van der Waals surface area contributed by atoms with Crippen molar-refractivity contribution in [3.05, 3.63) is 68.8 Å². The largest absolute Gasteiger partial charge is 0.465 e. The highest BCUT2D eigenvalue weighted by Gasteiger charge is 2.24. The molecule has 0 unspecified atom stereocenters. The molecule has 0 aliphatic heterocycles. The number of carbonyl (C=O) groups excluding carboxylic acids is 1. The molecule has 0 saturated carbocycles. The fraction of sp³-hybridized carbons (Fsp3) is 0.136. The van der Waals surface area contributed by atoms with Crippen LogP contribution in [0.2, 0.25) is 5.02 Å². The number of halogens is 2. The summed E-state index contributed by atoms with van der Waals surface area (Å²) in [6.45, 7) is 0. The number of thiophene rings is 1. The third kappa shape index (κ3) is 4.04. The van der Waals surface area contributed by atoms with Crippen LogP contribution in [0.5, 0.6) is 0 Å². The summed E-state index contributed by atoms with van der Waals surface area (Å²) in [6.07, 6.45) is 1.63. The van der Waals surface area contributed by atoms with Crippen LogP contribution in [-0.4, -0.2) is 43.0 Å². The van der Waals surface area contributed by atoms with Crippen LogP contribution < -0.4 is 5.56 Å². The van der Waals surface area contributed by atoms with Gasteiger partial charge in [0.1, 0.15) is 15.4 Å². The monoisotopic (exact) mass is 475 g/mol. The van der Waals surface area contributed by atoms with Crippen molar-refractivity contribution in [2.24, 2.45) is 4.99 Å². The Labute approximate surface area is 193 Å². The van der Waals surface area contributed by atoms with Crippen molar-refractivity contribution in [2.45, 2.75) is 0 Å². The Morgan fingerprint density at radius 2 is 1.77 bits per heavy atom. The van der Waals surface area contributed by atoms with E-state index in [4.69, 9.17) is 16.3 Å². The Morgan fingerprint density at radius 3 is 2.39 bits per heavy atom. The van der Waals surface area contributed by atoms with Gasteiger partial charge in [-0.05, 0) is 35.7 Å². The van der Waals surface area contributed by atoms with Gasteiger partial charge in [0.15, 0.2) is 0 Å². The summed E-state index contributed by atoms with van der Waals surface area (Å²) in [5.74, 6) is -0.499. The molecule has 0 N–H and O–H groups in total. The van der Waals surface area contributed by atoms with Crippen molar-refractivity contribution >= 4 is 74.3 Å². The van der Waals surface area contributed by atoms with Crippen LogP contribution in [0.4, 0.5) is 5.69 Å². The van der Waals surface area contributed by atoms with E-state index < -0.39 is 5.97 Å². The van der Waals surface area contributed by atoms with Gasteiger partial charge in [-0.1, -0.05) is 29.8 Å². The maximum Gasteiger partial charge on any atom is 0.350 e. The van der Waals surface area contributed by atoms with Gasteiger partial charge < -0.3 is 9.64 Å². The number of hydrogen-bond donors (Lipinski definition) is 0. The summed E-state index contributed by atoms with van der Waals surface area (Å²) in [4.78, 5) is 33.3. The molecule has 0 amide bonds. The van der Waals surface area contributed by atoms with E-state index in [9.17, 15) is 9.59 Å². The number of aromatic nitrogens is 1. The second kappa shape index (κ2) is 9.09. The van der Waals surface area contributed by atoms with Gasteiger partial charge in [0.25, 0.3) is 5.56 Å². The van der Waals surface area contributed by atoms with Crippen LogP contribution in [0.3, 0.4) is 0 Å². The molecular formula is C22H19Cl2N3O3S. The zero-order valence-electron chi connectivity index (χ0n) is 17.0. The second-order valence-corrected chi connectivity index (χ2v) is 8.26. The van der Waals surface area contributed by atoms with E-state index >= 15 is 0 Å². The molecule has 0 atom stereocenters. The molecular weight excluding hydrogens is 457 g/mol. The number of nitrogens with zero attached hydrogens (tertiary/aromatic N) is 3. The van der Waals surface area contributed by atoms with Gasteiger partial charge in [-0.3, -0.25) is 9.36 Å². The summed E-state index contributed by atoms with van der Waals surface area (Å²) < 4.78 is 6.59. The van der Waals surface area contributed by atoms with Crippen LogP contribution in [0.1, 0.15) is 9.67 Å². The molecule has 4 aromatic rings. The van der Waals surface area contributed by atoms with Crippen LogP contribution in [-0.2, 0) is 4.74 Å². The summed E-state index contributed by atoms with van der Waals surface area (Å²) >= 11 is 7.23. The summed E-state index contributed by atoms with van der Waals surface area (Å²) in [7, 11) is 5.02. The molecule has 0 spiro atoms. The average molecular weight is 476 g/mol. The first-order chi connectivity index (χ1) is 14.4. The number of rotatable bonds is 4. The fourth-order valence-corrected chi connectivity index (χ4v) is 4.59. The molecule has 2 aromatic carbocycles. The first kappa shape index (κ1) is 22.8. The lowest BCUT2D eigenvalue weighted by Gasteiger charge is -2.11. The minimum Gasteiger partial charge on any atom is -0.465 e. The van der Waals surface area contributed by atoms with E-state index in [2.05, 4.69) is 4.99 Å². The molecule has 0 aliphatic rings. The van der Waals surface area contributed by atoms with E-state index in [1.807, 2.05) is 32.3 Å². The minimum atomic E-state index is -0.499. The molecule has 0 saturated heterocycles. The van der Waals surface area contributed by atoms with Gasteiger partial charge in [-0.15, -0.1) is 23.7 Å². The first-order valence-electron chi connectivity index (χ1n) is 9.07. The maximum absolute atomic E-state index is 13.4. The van der Waals surface area contributed by atoms with Crippen molar-refractivity contribution in [1.82, 2.24) is 9.47 Å². The molecule has 0 fully saturated rings. The normalized spacial score (nSPS) is 11.1. The molecule has 4 rings (SSSR count). The van der Waals surface area contributed by atoms with Gasteiger partial charge in [0.05, 0.1) is 19.1 Å². The van der Waals surface area contributed by atoms with Gasteiger partial charge in [0.2, 0.25) is 0 Å². The fourth-order valence-electron chi connectivity index (χ4n) is 3.26. The molecule has 2 heterocycles. The molecule has 0 radical (unpaired) electrons. The zero-order valence-corrected chi connectivity index (χ0v) is 19.3. The van der Waals surface area contributed by atoms with E-state index in [-0.39, 0.29) is 18.0 Å². The highest BCUT2D eigenvalue weighted by Crippen LogP contribution is 2.42. The predicted molar refractivity (Wildman–Crippen MR) is 130 cm³/mol. The Hall–Kier alpha value is -2.87. The van der Waals surface area contributed by atoms with Gasteiger partial charge in [-0.2, -0.15) is 0 Å². The van der Waals surface area contributed by atoms with Crippen LogP contribution in [0.25, 0.3) is 26.7 Å². The number of carbonyl (C=O) groups is 1. The Morgan fingerprint density at radius 1 is 1.13 bits per heavy atom. The lowest BCUT2D eigenvalue weighted by Crippen LogP contribution is -2.18. The quantitative estimate of drug-likeness (QED) is 0.228. The number of methoxy groups -OCH3 is 1. The van der Waals surface area contributed by atoms with Crippen molar-refractivity contribution < 1.29 is 9.53 Å². The smallest absolute Gasteiger partial charge is 0.350 e. The van der Waals surface area contributed by atoms with Crippen molar-refractivity contribution in [3.8, 4) is 5.69 Å². The first-order valence-corrected chi connectivity index (χ1v) is 10.3. The van der Waals surface area contributed by atoms with Crippen molar-refractivity contribution in [2.75, 3.05) is 21.2 Å². The van der Waals surface area contributed by atoms with Gasteiger partial charge in [-0.25, -0.2) is 9.79 Å². The highest BCUT2D eigenvalue weighted by molar-refractivity contribution is 7.21. The maximum atomic E-state index is 13.4. The third-order valence-corrected chi connectivity index (χ3v) is 5.97. The number of fused-ring (bicyclic) bond motifs is 3. The number of pyridine rings is 1. The zero-order chi connectivity index (χ0) is 21.4. The van der Waals surface area contributed by atoms with Crippen LogP contribution in [0.15, 0.2) is 58.3 Å². The lowest BCUT2D eigenvalue weighted by atomic mass is 10.1. The van der Waals surface area contributed by atoms with E-state index in [0.29, 0.717) is 31.5 Å². The summed E-state index contributed by atoms with van der Waals surface area (Å²) in [5, 5.41) is 2.57. The molecule has 0 bridgehead atoms. The predicted octanol–water partition coefficient (Wildman–Crippen LogP) is 5.29. The average Bonchev–Trinajstić information content (AvgIpc) is 3.12. The lowest BCUT2D eigenvalue weighted by molar-refractivity contribution is 0.0607. The van der Waals surface area contributed by atoms with Gasteiger partial charge in [0, 0.05) is 29.9 Å². The van der Waals surface area contributed by atoms with Crippen molar-refractivity contribution in [3.63, 3.8) is 0 Å². The second-order valence-electron chi connectivity index (χ2n) is 6.82. The Balaban J connectivity index is 0.00000272. The number of benzene rings is 2. The molecule has 2 aromatic heterocycles. The summed E-state index contributed by atoms with van der Waals surface area (Å²) in [5.41, 5.74) is 0.955. The van der Waals surface area contributed by atoms with E-state index in [1.54, 1.807) is 46.1 Å². The number of ether oxygens (including phenoxy) is 1. The summed E-state index contributed by atoms with van der Waals surface area (Å²) in [6, 6.07) is 14.3. The number of hydrogen-bond acceptors (Lipinski definition) is 5. The molecule has 160 valence electrons. The van der Waals surface area contributed by atoms with Crippen LogP contribution in [0, 0.1) is 0 Å². The SMILES string of the molecule is COC(=O)c1sc2c(c1N=CN(C)C)c1ccccc1c(=O)n2-c1ccc(Cl)cc1.Cl. The standard InChI is InChI=1S/C22H18ClN3O3S.ClH/c1-25(2)12-24-18-17-15-6-4-5-7-16(15)20(27)26(14-10-8-13(23)9-11-14)21(17)30-19(18)22(28)29-3;/h4-12H,1-3H3;1H. The molecule has 31 heavy (non-hydrogen) atoms. The van der Waals surface area contributed by atoms with Crippen molar-refractivity contribution in [1.29, 1.82) is 0 Å². The molecule has 9 heteroatoms. The Bertz CT molecular complexity index is 1360. The third-order valence-electron chi connectivity index (χ3n) is 4.57. The van der Waals surface area contributed by atoms with Gasteiger partial charge >= 0.3 is 5.97 Å².